The van der Waals surface area contributed by atoms with E-state index in [0.29, 0.717) is 18.7 Å². The van der Waals surface area contributed by atoms with Gasteiger partial charge in [-0.25, -0.2) is 13.6 Å². The Hall–Kier alpha value is -1.15. The van der Waals surface area contributed by atoms with Crippen LogP contribution in [-0.4, -0.2) is 33.6 Å². The second-order valence-corrected chi connectivity index (χ2v) is 6.94. The van der Waals surface area contributed by atoms with Crippen LogP contribution in [0.15, 0.2) is 17.0 Å². The number of primary sulfonamides is 1. The van der Waals surface area contributed by atoms with E-state index in [1.165, 1.54) is 12.1 Å². The maximum absolute atomic E-state index is 12.2. The van der Waals surface area contributed by atoms with Crippen molar-refractivity contribution in [2.24, 2.45) is 5.14 Å². The number of rotatable bonds is 4. The average molecular weight is 333 g/mol. The fraction of sp³-hybridized carbons (Fsp3) is 0.462. The number of ether oxygens (including phenoxy) is 1. The Morgan fingerprint density at radius 3 is 2.81 bits per heavy atom. The first-order chi connectivity index (χ1) is 9.79. The van der Waals surface area contributed by atoms with Crippen LogP contribution in [0.2, 0.25) is 5.02 Å². The number of carbonyl (C=O) groups is 1. The molecule has 1 aliphatic rings. The molecule has 0 saturated carbocycles. The molecule has 2 rings (SSSR count). The van der Waals surface area contributed by atoms with E-state index in [9.17, 15) is 13.2 Å². The SMILES string of the molecule is Cc1c(Cl)cc(S(N)(=O)=O)cc1C(=O)NCC1CCCO1. The van der Waals surface area contributed by atoms with Gasteiger partial charge in [-0.3, -0.25) is 4.79 Å². The minimum absolute atomic E-state index is 0.00570. The van der Waals surface area contributed by atoms with Crippen molar-refractivity contribution in [3.05, 3.63) is 28.3 Å². The highest BCUT2D eigenvalue weighted by atomic mass is 35.5. The smallest absolute Gasteiger partial charge is 0.251 e. The Morgan fingerprint density at radius 2 is 2.24 bits per heavy atom. The number of hydrogen-bond donors (Lipinski definition) is 2. The summed E-state index contributed by atoms with van der Waals surface area (Å²) in [6.07, 6.45) is 1.88. The van der Waals surface area contributed by atoms with E-state index in [2.05, 4.69) is 5.32 Å². The zero-order valence-corrected chi connectivity index (χ0v) is 13.1. The molecular weight excluding hydrogens is 316 g/mol. The first-order valence-corrected chi connectivity index (χ1v) is 8.44. The van der Waals surface area contributed by atoms with Crippen molar-refractivity contribution in [1.82, 2.24) is 5.32 Å². The number of sulfonamides is 1. The topological polar surface area (TPSA) is 98.5 Å². The van der Waals surface area contributed by atoms with Crippen LogP contribution in [0.25, 0.3) is 0 Å². The Balaban J connectivity index is 2.21. The summed E-state index contributed by atoms with van der Waals surface area (Å²) >= 11 is 5.97. The molecule has 1 amide bonds. The highest BCUT2D eigenvalue weighted by Crippen LogP contribution is 2.24. The van der Waals surface area contributed by atoms with Gasteiger partial charge in [0, 0.05) is 23.7 Å². The summed E-state index contributed by atoms with van der Waals surface area (Å²) in [5.41, 5.74) is 0.707. The predicted molar refractivity (Wildman–Crippen MR) is 78.9 cm³/mol. The predicted octanol–water partition coefficient (Wildman–Crippen LogP) is 1.20. The van der Waals surface area contributed by atoms with Gasteiger partial charge in [-0.2, -0.15) is 0 Å². The number of nitrogens with one attached hydrogen (secondary N) is 1. The summed E-state index contributed by atoms with van der Waals surface area (Å²) in [7, 11) is -3.92. The molecule has 1 aliphatic heterocycles. The third kappa shape index (κ3) is 3.94. The maximum Gasteiger partial charge on any atom is 0.251 e. The minimum Gasteiger partial charge on any atom is -0.376 e. The van der Waals surface area contributed by atoms with E-state index in [0.717, 1.165) is 12.8 Å². The normalized spacial score (nSPS) is 18.7. The van der Waals surface area contributed by atoms with Crippen LogP contribution in [0.1, 0.15) is 28.8 Å². The number of nitrogens with two attached hydrogens (primary N) is 1. The number of benzene rings is 1. The molecule has 0 aliphatic carbocycles. The fourth-order valence-electron chi connectivity index (χ4n) is 2.16. The van der Waals surface area contributed by atoms with Crippen molar-refractivity contribution in [3.8, 4) is 0 Å². The van der Waals surface area contributed by atoms with Crippen LogP contribution >= 0.6 is 11.6 Å². The van der Waals surface area contributed by atoms with E-state index < -0.39 is 15.9 Å². The second-order valence-electron chi connectivity index (χ2n) is 4.97. The Labute approximate surface area is 128 Å². The summed E-state index contributed by atoms with van der Waals surface area (Å²) in [5, 5.41) is 7.99. The Morgan fingerprint density at radius 1 is 1.52 bits per heavy atom. The van der Waals surface area contributed by atoms with Crippen LogP contribution in [0.3, 0.4) is 0 Å². The Kier molecular flexibility index (Phi) is 4.88. The zero-order chi connectivity index (χ0) is 15.6. The van der Waals surface area contributed by atoms with Crippen molar-refractivity contribution in [3.63, 3.8) is 0 Å². The van der Waals surface area contributed by atoms with Crippen molar-refractivity contribution >= 4 is 27.5 Å². The van der Waals surface area contributed by atoms with Crippen LogP contribution in [0.4, 0.5) is 0 Å². The first-order valence-electron chi connectivity index (χ1n) is 6.52. The highest BCUT2D eigenvalue weighted by molar-refractivity contribution is 7.89. The largest absolute Gasteiger partial charge is 0.376 e. The summed E-state index contributed by atoms with van der Waals surface area (Å²) in [6.45, 7) is 2.73. The molecule has 6 nitrogen and oxygen atoms in total. The monoisotopic (exact) mass is 332 g/mol. The van der Waals surface area contributed by atoms with Gasteiger partial charge in [-0.15, -0.1) is 0 Å². The van der Waals surface area contributed by atoms with Gasteiger partial charge in [0.25, 0.3) is 5.91 Å². The van der Waals surface area contributed by atoms with E-state index in [-0.39, 0.29) is 21.6 Å². The molecule has 1 fully saturated rings. The molecule has 1 saturated heterocycles. The number of hydrogen-bond acceptors (Lipinski definition) is 4. The molecule has 1 heterocycles. The Bertz CT molecular complexity index is 654. The number of amides is 1. The van der Waals surface area contributed by atoms with Gasteiger partial charge in [0.05, 0.1) is 11.0 Å². The molecule has 1 aromatic carbocycles. The molecule has 1 atom stereocenters. The third-order valence-electron chi connectivity index (χ3n) is 3.41. The molecule has 21 heavy (non-hydrogen) atoms. The van der Waals surface area contributed by atoms with Gasteiger partial charge >= 0.3 is 0 Å². The fourth-order valence-corrected chi connectivity index (χ4v) is 3.01. The third-order valence-corrected chi connectivity index (χ3v) is 4.69. The van der Waals surface area contributed by atoms with Crippen LogP contribution in [-0.2, 0) is 14.8 Å². The summed E-state index contributed by atoms with van der Waals surface area (Å²) in [4.78, 5) is 12.0. The van der Waals surface area contributed by atoms with E-state index >= 15 is 0 Å². The van der Waals surface area contributed by atoms with Gasteiger partial charge in [-0.1, -0.05) is 11.6 Å². The lowest BCUT2D eigenvalue weighted by Gasteiger charge is -2.13. The summed E-state index contributed by atoms with van der Waals surface area (Å²) in [6, 6.07) is 2.48. The van der Waals surface area contributed by atoms with Crippen LogP contribution < -0.4 is 10.5 Å². The van der Waals surface area contributed by atoms with Gasteiger partial charge in [0.15, 0.2) is 0 Å². The molecule has 0 radical (unpaired) electrons. The summed E-state index contributed by atoms with van der Waals surface area (Å²) in [5.74, 6) is -0.393. The van der Waals surface area contributed by atoms with E-state index in [1.54, 1.807) is 6.92 Å². The van der Waals surface area contributed by atoms with Crippen molar-refractivity contribution < 1.29 is 17.9 Å². The van der Waals surface area contributed by atoms with Crippen LogP contribution in [0, 0.1) is 6.92 Å². The quantitative estimate of drug-likeness (QED) is 0.865. The standard InChI is InChI=1S/C13H17ClN2O4S/c1-8-11(5-10(6-12(8)14)21(15,18)19)13(17)16-7-9-3-2-4-20-9/h5-6,9H,2-4,7H2,1H3,(H,16,17)(H2,15,18,19). The molecule has 1 unspecified atom stereocenters. The molecule has 8 heteroatoms. The lowest BCUT2D eigenvalue weighted by Crippen LogP contribution is -2.32. The van der Waals surface area contributed by atoms with Gasteiger partial charge in [-0.05, 0) is 37.5 Å². The minimum atomic E-state index is -3.92. The zero-order valence-electron chi connectivity index (χ0n) is 11.6. The van der Waals surface area contributed by atoms with Crippen molar-refractivity contribution in [2.45, 2.75) is 30.8 Å². The van der Waals surface area contributed by atoms with E-state index in [1.807, 2.05) is 0 Å². The van der Waals surface area contributed by atoms with Crippen LogP contribution in [0.5, 0.6) is 0 Å². The van der Waals surface area contributed by atoms with E-state index in [4.69, 9.17) is 21.5 Å². The molecule has 1 aromatic rings. The van der Waals surface area contributed by atoms with Gasteiger partial charge in [0.1, 0.15) is 0 Å². The molecule has 0 spiro atoms. The number of carbonyl (C=O) groups excluding carboxylic acids is 1. The lowest BCUT2D eigenvalue weighted by atomic mass is 10.1. The van der Waals surface area contributed by atoms with Gasteiger partial charge < -0.3 is 10.1 Å². The molecule has 0 aromatic heterocycles. The number of halogens is 1. The molecule has 0 bridgehead atoms. The highest BCUT2D eigenvalue weighted by Gasteiger charge is 2.20. The molecular formula is C13H17ClN2O4S. The summed E-state index contributed by atoms with van der Waals surface area (Å²) < 4.78 is 28.2. The molecule has 116 valence electrons. The average Bonchev–Trinajstić information content (AvgIpc) is 2.91. The van der Waals surface area contributed by atoms with Crippen molar-refractivity contribution in [2.75, 3.05) is 13.2 Å². The lowest BCUT2D eigenvalue weighted by molar-refractivity contribution is 0.0857. The van der Waals surface area contributed by atoms with Gasteiger partial charge in [0.2, 0.25) is 10.0 Å². The molecule has 3 N–H and O–H groups in total. The maximum atomic E-state index is 12.2. The first kappa shape index (κ1) is 16.2. The van der Waals surface area contributed by atoms with Crippen molar-refractivity contribution in [1.29, 1.82) is 0 Å². The second kappa shape index (κ2) is 6.31.